The maximum Gasteiger partial charge on any atom is 0.304 e. The monoisotopic (exact) mass is 138 g/mol. The molecule has 0 unspecified atom stereocenters. The van der Waals surface area contributed by atoms with Crippen LogP contribution < -0.4 is 4.90 Å². The molecule has 0 aromatic carbocycles. The van der Waals surface area contributed by atoms with Gasteiger partial charge < -0.3 is 9.15 Å². The zero-order chi connectivity index (χ0) is 6.81. The van der Waals surface area contributed by atoms with Gasteiger partial charge in [-0.1, -0.05) is 0 Å². The predicted molar refractivity (Wildman–Crippen MR) is 34.1 cm³/mol. The first-order chi connectivity index (χ1) is 4.97. The Hall–Kier alpha value is -1.45. The minimum atomic E-state index is 0.487. The van der Waals surface area contributed by atoms with Crippen molar-refractivity contribution in [2.45, 2.75) is 0 Å². The molecule has 0 bridgehead atoms. The number of oxazole rings is 1. The second-order valence-electron chi connectivity index (χ2n) is 1.87. The van der Waals surface area contributed by atoms with Crippen LogP contribution in [0.4, 0.5) is 6.01 Å². The molecule has 4 nitrogen and oxygen atoms in total. The second-order valence-corrected chi connectivity index (χ2v) is 1.87. The van der Waals surface area contributed by atoms with Gasteiger partial charge in [0.25, 0.3) is 0 Å². The summed E-state index contributed by atoms with van der Waals surface area (Å²) in [6.07, 6.45) is 6.50. The fraction of sp³-hybridized carbons (Fsp3) is 0.167. The van der Waals surface area contributed by atoms with Crippen molar-refractivity contribution in [1.29, 1.82) is 0 Å². The average molecular weight is 138 g/mol. The molecule has 0 spiro atoms. The first-order valence-corrected chi connectivity index (χ1v) is 2.91. The zero-order valence-corrected chi connectivity index (χ0v) is 5.23. The molecular formula is C6H6N2O2. The topological polar surface area (TPSA) is 38.5 Å². The van der Waals surface area contributed by atoms with Gasteiger partial charge in [-0.3, -0.25) is 4.90 Å². The van der Waals surface area contributed by atoms with Crippen molar-refractivity contribution in [2.24, 2.45) is 0 Å². The summed E-state index contributed by atoms with van der Waals surface area (Å²) >= 11 is 0. The van der Waals surface area contributed by atoms with E-state index >= 15 is 0 Å². The van der Waals surface area contributed by atoms with Gasteiger partial charge >= 0.3 is 6.01 Å². The molecule has 52 valence electrons. The van der Waals surface area contributed by atoms with Crippen molar-refractivity contribution in [2.75, 3.05) is 11.6 Å². The van der Waals surface area contributed by atoms with Crippen molar-refractivity contribution in [3.05, 3.63) is 24.9 Å². The van der Waals surface area contributed by atoms with Gasteiger partial charge in [0.1, 0.15) is 12.5 Å². The largest absolute Gasteiger partial charge is 0.479 e. The first kappa shape index (κ1) is 5.34. The summed E-state index contributed by atoms with van der Waals surface area (Å²) < 4.78 is 9.93. The lowest BCUT2D eigenvalue weighted by atomic mass is 10.8. The molecule has 0 saturated carbocycles. The standard InChI is InChI=1S/C6H6N2O2/c1-3-10-6(7-1)8-2-4-9-5-8/h1-4H,5H2. The van der Waals surface area contributed by atoms with E-state index in [1.54, 1.807) is 23.6 Å². The summed E-state index contributed by atoms with van der Waals surface area (Å²) in [5, 5.41) is 0. The van der Waals surface area contributed by atoms with Gasteiger partial charge in [0.05, 0.1) is 6.20 Å². The maximum absolute atomic E-state index is 5.00. The summed E-state index contributed by atoms with van der Waals surface area (Å²) in [6.45, 7) is 0.487. The Morgan fingerprint density at radius 2 is 2.60 bits per heavy atom. The molecule has 1 aliphatic heterocycles. The summed E-state index contributed by atoms with van der Waals surface area (Å²) in [7, 11) is 0. The van der Waals surface area contributed by atoms with Crippen LogP contribution in [-0.4, -0.2) is 11.7 Å². The molecule has 0 aliphatic carbocycles. The summed E-state index contributed by atoms with van der Waals surface area (Å²) in [5.41, 5.74) is 0. The number of ether oxygens (including phenoxy) is 1. The van der Waals surface area contributed by atoms with E-state index in [0.717, 1.165) is 0 Å². The molecule has 10 heavy (non-hydrogen) atoms. The van der Waals surface area contributed by atoms with Crippen LogP contribution in [0.3, 0.4) is 0 Å². The minimum Gasteiger partial charge on any atom is -0.479 e. The Bertz CT molecular complexity index is 230. The molecule has 1 aromatic heterocycles. The smallest absolute Gasteiger partial charge is 0.304 e. The molecule has 1 aliphatic rings. The fourth-order valence-electron chi connectivity index (χ4n) is 0.760. The molecule has 0 N–H and O–H groups in total. The van der Waals surface area contributed by atoms with Crippen molar-refractivity contribution in [3.8, 4) is 0 Å². The number of nitrogens with zero attached hydrogens (tertiary/aromatic N) is 2. The van der Waals surface area contributed by atoms with Crippen molar-refractivity contribution < 1.29 is 9.15 Å². The minimum absolute atomic E-state index is 0.487. The molecule has 0 fully saturated rings. The maximum atomic E-state index is 5.00. The number of rotatable bonds is 1. The predicted octanol–water partition coefficient (Wildman–Crippen LogP) is 0.940. The summed E-state index contributed by atoms with van der Waals surface area (Å²) in [5.74, 6) is 0. The highest BCUT2D eigenvalue weighted by molar-refractivity contribution is 5.30. The van der Waals surface area contributed by atoms with Crippen LogP contribution >= 0.6 is 0 Å². The van der Waals surface area contributed by atoms with E-state index < -0.39 is 0 Å². The van der Waals surface area contributed by atoms with Gasteiger partial charge in [-0.25, -0.2) is 4.98 Å². The van der Waals surface area contributed by atoms with Crippen molar-refractivity contribution in [3.63, 3.8) is 0 Å². The molecule has 0 saturated heterocycles. The molecular weight excluding hydrogens is 132 g/mol. The van der Waals surface area contributed by atoms with Gasteiger partial charge in [-0.05, 0) is 0 Å². The van der Waals surface area contributed by atoms with E-state index in [-0.39, 0.29) is 0 Å². The SMILES string of the molecule is C1=CN(c2ncco2)CO1. The van der Waals surface area contributed by atoms with Crippen LogP contribution in [0.15, 0.2) is 29.3 Å². The van der Waals surface area contributed by atoms with Gasteiger partial charge in [0.15, 0.2) is 6.73 Å². The van der Waals surface area contributed by atoms with Gasteiger partial charge in [-0.15, -0.1) is 0 Å². The Morgan fingerprint density at radius 3 is 3.20 bits per heavy atom. The van der Waals surface area contributed by atoms with Crippen LogP contribution in [0.1, 0.15) is 0 Å². The molecule has 2 rings (SSSR count). The third-order valence-electron chi connectivity index (χ3n) is 1.22. The van der Waals surface area contributed by atoms with E-state index in [4.69, 9.17) is 9.15 Å². The summed E-state index contributed by atoms with van der Waals surface area (Å²) in [4.78, 5) is 5.69. The molecule has 0 amide bonds. The van der Waals surface area contributed by atoms with E-state index in [1.807, 2.05) is 0 Å². The van der Waals surface area contributed by atoms with E-state index in [2.05, 4.69) is 4.98 Å². The van der Waals surface area contributed by atoms with Crippen molar-refractivity contribution >= 4 is 6.01 Å². The number of anilines is 1. The Labute approximate surface area is 57.7 Å². The highest BCUT2D eigenvalue weighted by Crippen LogP contribution is 2.13. The quantitative estimate of drug-likeness (QED) is 0.578. The third-order valence-corrected chi connectivity index (χ3v) is 1.22. The van der Waals surface area contributed by atoms with E-state index in [0.29, 0.717) is 12.7 Å². The first-order valence-electron chi connectivity index (χ1n) is 2.91. The fourth-order valence-corrected chi connectivity index (χ4v) is 0.760. The number of hydrogen-bond donors (Lipinski definition) is 0. The van der Waals surface area contributed by atoms with Gasteiger partial charge in [0.2, 0.25) is 0 Å². The lowest BCUT2D eigenvalue weighted by Crippen LogP contribution is -2.12. The molecule has 0 radical (unpaired) electrons. The summed E-state index contributed by atoms with van der Waals surface area (Å²) in [6, 6.07) is 0.564. The normalized spacial score (nSPS) is 15.8. The lowest BCUT2D eigenvalue weighted by molar-refractivity contribution is 0.277. The van der Waals surface area contributed by atoms with Gasteiger partial charge in [-0.2, -0.15) is 0 Å². The molecule has 2 heterocycles. The highest BCUT2D eigenvalue weighted by atomic mass is 16.5. The van der Waals surface area contributed by atoms with E-state index in [1.165, 1.54) is 6.26 Å². The molecule has 4 heteroatoms. The number of hydrogen-bond acceptors (Lipinski definition) is 4. The van der Waals surface area contributed by atoms with Crippen LogP contribution in [-0.2, 0) is 4.74 Å². The lowest BCUT2D eigenvalue weighted by Gasteiger charge is -2.05. The Kier molecular flexibility index (Phi) is 1.10. The Morgan fingerprint density at radius 1 is 1.60 bits per heavy atom. The van der Waals surface area contributed by atoms with Crippen LogP contribution in [0.5, 0.6) is 0 Å². The highest BCUT2D eigenvalue weighted by Gasteiger charge is 2.10. The van der Waals surface area contributed by atoms with Crippen LogP contribution in [0, 0.1) is 0 Å². The van der Waals surface area contributed by atoms with E-state index in [9.17, 15) is 0 Å². The third kappa shape index (κ3) is 0.737. The van der Waals surface area contributed by atoms with Gasteiger partial charge in [0, 0.05) is 6.20 Å². The second kappa shape index (κ2) is 2.06. The van der Waals surface area contributed by atoms with Crippen molar-refractivity contribution in [1.82, 2.24) is 4.98 Å². The zero-order valence-electron chi connectivity index (χ0n) is 5.23. The average Bonchev–Trinajstić information content (AvgIpc) is 2.59. The number of aromatic nitrogens is 1. The Balaban J connectivity index is 2.20. The molecule has 0 atom stereocenters. The van der Waals surface area contributed by atoms with Crippen LogP contribution in [0.2, 0.25) is 0 Å². The molecule has 1 aromatic rings. The van der Waals surface area contributed by atoms with Crippen LogP contribution in [0.25, 0.3) is 0 Å².